The number of halogens is 1. The number of rotatable bonds is 3. The van der Waals surface area contributed by atoms with Crippen molar-refractivity contribution in [3.8, 4) is 5.75 Å². The average molecular weight is 343 g/mol. The molecular formula is C18H18FN3O3. The van der Waals surface area contributed by atoms with Crippen LogP contribution < -0.4 is 5.32 Å². The summed E-state index contributed by atoms with van der Waals surface area (Å²) < 4.78 is 13.2. The highest BCUT2D eigenvalue weighted by atomic mass is 19.1. The highest BCUT2D eigenvalue weighted by Gasteiger charge is 2.29. The average Bonchev–Trinajstić information content (AvgIpc) is 2.62. The SMILES string of the molecule is O=C(Nc1cccc(F)c1)C1CCN(C(=O)c2ncccc2O)CC1. The van der Waals surface area contributed by atoms with Crippen molar-refractivity contribution in [2.45, 2.75) is 12.8 Å². The minimum absolute atomic E-state index is 0.0187. The number of carbonyl (C=O) groups excluding carboxylic acids is 2. The Morgan fingerprint density at radius 1 is 1.20 bits per heavy atom. The van der Waals surface area contributed by atoms with Crippen molar-refractivity contribution in [3.05, 3.63) is 54.1 Å². The first-order chi connectivity index (χ1) is 12.0. The summed E-state index contributed by atoms with van der Waals surface area (Å²) in [6, 6.07) is 8.71. The molecule has 1 aliphatic rings. The second-order valence-corrected chi connectivity index (χ2v) is 5.94. The van der Waals surface area contributed by atoms with E-state index >= 15 is 0 Å². The number of aromatic nitrogens is 1. The molecule has 1 saturated heterocycles. The lowest BCUT2D eigenvalue weighted by Crippen LogP contribution is -2.41. The zero-order valence-corrected chi connectivity index (χ0v) is 13.5. The van der Waals surface area contributed by atoms with Crippen LogP contribution in [-0.4, -0.2) is 39.9 Å². The number of likely N-dealkylation sites (tertiary alicyclic amines) is 1. The fourth-order valence-electron chi connectivity index (χ4n) is 2.87. The van der Waals surface area contributed by atoms with Crippen LogP contribution in [0.1, 0.15) is 23.3 Å². The van der Waals surface area contributed by atoms with Crippen molar-refractivity contribution in [2.75, 3.05) is 18.4 Å². The molecule has 1 aromatic heterocycles. The molecule has 7 heteroatoms. The first-order valence-corrected chi connectivity index (χ1v) is 8.04. The van der Waals surface area contributed by atoms with E-state index < -0.39 is 5.82 Å². The van der Waals surface area contributed by atoms with E-state index in [0.29, 0.717) is 31.6 Å². The van der Waals surface area contributed by atoms with E-state index in [-0.39, 0.29) is 29.2 Å². The molecule has 2 heterocycles. The number of aromatic hydroxyl groups is 1. The fourth-order valence-corrected chi connectivity index (χ4v) is 2.87. The Bertz CT molecular complexity index is 789. The van der Waals surface area contributed by atoms with Crippen molar-refractivity contribution in [1.82, 2.24) is 9.88 Å². The van der Waals surface area contributed by atoms with Gasteiger partial charge in [-0.05, 0) is 43.2 Å². The van der Waals surface area contributed by atoms with E-state index in [9.17, 15) is 19.1 Å². The van der Waals surface area contributed by atoms with E-state index in [1.54, 1.807) is 17.0 Å². The smallest absolute Gasteiger partial charge is 0.276 e. The lowest BCUT2D eigenvalue weighted by atomic mass is 9.95. The molecule has 0 aliphatic carbocycles. The summed E-state index contributed by atoms with van der Waals surface area (Å²) in [6.45, 7) is 0.798. The molecule has 3 rings (SSSR count). The number of hydrogen-bond donors (Lipinski definition) is 2. The third-order valence-corrected chi connectivity index (χ3v) is 4.23. The maximum absolute atomic E-state index is 13.2. The molecule has 1 aromatic carbocycles. The maximum Gasteiger partial charge on any atom is 0.276 e. The van der Waals surface area contributed by atoms with Crippen LogP contribution in [-0.2, 0) is 4.79 Å². The number of nitrogens with one attached hydrogen (secondary N) is 1. The molecule has 25 heavy (non-hydrogen) atoms. The van der Waals surface area contributed by atoms with Crippen molar-refractivity contribution < 1.29 is 19.1 Å². The molecule has 2 amide bonds. The van der Waals surface area contributed by atoms with Gasteiger partial charge >= 0.3 is 0 Å². The van der Waals surface area contributed by atoms with Gasteiger partial charge in [0, 0.05) is 30.9 Å². The van der Waals surface area contributed by atoms with E-state index in [1.165, 1.54) is 30.5 Å². The molecule has 0 atom stereocenters. The molecule has 2 N–H and O–H groups in total. The first kappa shape index (κ1) is 16.9. The van der Waals surface area contributed by atoms with Crippen LogP contribution in [0.25, 0.3) is 0 Å². The molecule has 0 unspecified atom stereocenters. The van der Waals surface area contributed by atoms with Crippen LogP contribution in [0.15, 0.2) is 42.6 Å². The molecule has 2 aromatic rings. The monoisotopic (exact) mass is 343 g/mol. The van der Waals surface area contributed by atoms with Gasteiger partial charge in [0.15, 0.2) is 5.69 Å². The van der Waals surface area contributed by atoms with Gasteiger partial charge in [0.25, 0.3) is 5.91 Å². The van der Waals surface area contributed by atoms with Crippen LogP contribution >= 0.6 is 0 Å². The number of pyridine rings is 1. The van der Waals surface area contributed by atoms with Crippen LogP contribution in [0.3, 0.4) is 0 Å². The normalized spacial score (nSPS) is 15.0. The predicted octanol–water partition coefficient (Wildman–Crippen LogP) is 2.42. The Kier molecular flexibility index (Phi) is 4.92. The van der Waals surface area contributed by atoms with E-state index in [2.05, 4.69) is 10.3 Å². The molecule has 0 bridgehead atoms. The Balaban J connectivity index is 1.57. The Labute approximate surface area is 144 Å². The van der Waals surface area contributed by atoms with Crippen LogP contribution in [0.2, 0.25) is 0 Å². The molecule has 0 saturated carbocycles. The number of piperidine rings is 1. The van der Waals surface area contributed by atoms with Crippen LogP contribution in [0.4, 0.5) is 10.1 Å². The first-order valence-electron chi connectivity index (χ1n) is 8.04. The Morgan fingerprint density at radius 3 is 2.64 bits per heavy atom. The quantitative estimate of drug-likeness (QED) is 0.897. The molecular weight excluding hydrogens is 325 g/mol. The third kappa shape index (κ3) is 3.93. The molecule has 130 valence electrons. The van der Waals surface area contributed by atoms with Crippen molar-refractivity contribution in [3.63, 3.8) is 0 Å². The minimum Gasteiger partial charge on any atom is -0.505 e. The van der Waals surface area contributed by atoms with E-state index in [4.69, 9.17) is 0 Å². The largest absolute Gasteiger partial charge is 0.505 e. The van der Waals surface area contributed by atoms with E-state index in [1.807, 2.05) is 0 Å². The van der Waals surface area contributed by atoms with Gasteiger partial charge in [0.05, 0.1) is 0 Å². The minimum atomic E-state index is -0.409. The number of amides is 2. The Hall–Kier alpha value is -2.96. The number of benzene rings is 1. The van der Waals surface area contributed by atoms with Gasteiger partial charge in [-0.1, -0.05) is 6.07 Å². The predicted molar refractivity (Wildman–Crippen MR) is 89.6 cm³/mol. The fraction of sp³-hybridized carbons (Fsp3) is 0.278. The maximum atomic E-state index is 13.2. The third-order valence-electron chi connectivity index (χ3n) is 4.23. The van der Waals surface area contributed by atoms with Crippen molar-refractivity contribution in [2.24, 2.45) is 5.92 Å². The van der Waals surface area contributed by atoms with Gasteiger partial charge in [-0.25, -0.2) is 9.37 Å². The summed E-state index contributed by atoms with van der Waals surface area (Å²) in [5, 5.41) is 12.4. The molecule has 0 radical (unpaired) electrons. The number of hydrogen-bond acceptors (Lipinski definition) is 4. The number of nitrogens with zero attached hydrogens (tertiary/aromatic N) is 2. The zero-order valence-electron chi connectivity index (χ0n) is 13.5. The summed E-state index contributed by atoms with van der Waals surface area (Å²) >= 11 is 0. The summed E-state index contributed by atoms with van der Waals surface area (Å²) in [5.41, 5.74) is 0.437. The lowest BCUT2D eigenvalue weighted by molar-refractivity contribution is -0.121. The molecule has 0 spiro atoms. The number of carbonyl (C=O) groups is 2. The zero-order chi connectivity index (χ0) is 17.8. The molecule has 1 fully saturated rings. The van der Waals surface area contributed by atoms with E-state index in [0.717, 1.165) is 0 Å². The van der Waals surface area contributed by atoms with Gasteiger partial charge < -0.3 is 15.3 Å². The van der Waals surface area contributed by atoms with Gasteiger partial charge in [-0.3, -0.25) is 9.59 Å². The highest BCUT2D eigenvalue weighted by Crippen LogP contribution is 2.23. The van der Waals surface area contributed by atoms with Gasteiger partial charge in [0.1, 0.15) is 11.6 Å². The van der Waals surface area contributed by atoms with Gasteiger partial charge in [0.2, 0.25) is 5.91 Å². The Morgan fingerprint density at radius 2 is 1.96 bits per heavy atom. The van der Waals surface area contributed by atoms with Crippen molar-refractivity contribution in [1.29, 1.82) is 0 Å². The summed E-state index contributed by atoms with van der Waals surface area (Å²) in [4.78, 5) is 30.2. The van der Waals surface area contributed by atoms with Crippen molar-refractivity contribution >= 4 is 17.5 Å². The lowest BCUT2D eigenvalue weighted by Gasteiger charge is -2.31. The summed E-state index contributed by atoms with van der Waals surface area (Å²) in [6.07, 6.45) is 2.45. The highest BCUT2D eigenvalue weighted by molar-refractivity contribution is 5.95. The number of anilines is 1. The summed E-state index contributed by atoms with van der Waals surface area (Å²) in [7, 11) is 0. The van der Waals surface area contributed by atoms with Gasteiger partial charge in [-0.2, -0.15) is 0 Å². The molecule has 6 nitrogen and oxygen atoms in total. The van der Waals surface area contributed by atoms with Crippen LogP contribution in [0.5, 0.6) is 5.75 Å². The topological polar surface area (TPSA) is 82.5 Å². The molecule has 1 aliphatic heterocycles. The second-order valence-electron chi connectivity index (χ2n) is 5.94. The summed E-state index contributed by atoms with van der Waals surface area (Å²) in [5.74, 6) is -1.34. The second kappa shape index (κ2) is 7.29. The van der Waals surface area contributed by atoms with Crippen LogP contribution in [0, 0.1) is 11.7 Å². The standard InChI is InChI=1S/C18H18FN3O3/c19-13-3-1-4-14(11-13)21-17(24)12-6-9-22(10-7-12)18(25)16-15(23)5-2-8-20-16/h1-5,8,11-12,23H,6-7,9-10H2,(H,21,24). The van der Waals surface area contributed by atoms with Gasteiger partial charge in [-0.15, -0.1) is 0 Å².